The van der Waals surface area contributed by atoms with Crippen molar-refractivity contribution in [2.24, 2.45) is 11.8 Å². The van der Waals surface area contributed by atoms with Crippen LogP contribution in [0, 0.1) is 11.8 Å². The molecule has 2 aliphatic rings. The van der Waals surface area contributed by atoms with E-state index >= 15 is 0 Å². The fourth-order valence-corrected chi connectivity index (χ4v) is 3.37. The van der Waals surface area contributed by atoms with Gasteiger partial charge in [0.1, 0.15) is 5.60 Å². The molecule has 98 valence electrons. The molecule has 1 spiro atoms. The van der Waals surface area contributed by atoms with Crippen LogP contribution in [-0.2, 0) is 14.3 Å². The Kier molecular flexibility index (Phi) is 3.23. The van der Waals surface area contributed by atoms with Gasteiger partial charge in [-0.15, -0.1) is 0 Å². The molecular weight excluding hydrogens is 216 g/mol. The highest BCUT2D eigenvalue weighted by Gasteiger charge is 2.71. The molecule has 3 nitrogen and oxygen atoms in total. The van der Waals surface area contributed by atoms with Crippen LogP contribution in [0.1, 0.15) is 52.9 Å². The van der Waals surface area contributed by atoms with Crippen LogP contribution in [0.4, 0.5) is 0 Å². The zero-order valence-corrected chi connectivity index (χ0v) is 11.4. The molecule has 1 aliphatic heterocycles. The fourth-order valence-electron chi connectivity index (χ4n) is 3.37. The second kappa shape index (κ2) is 4.27. The Morgan fingerprint density at radius 1 is 1.35 bits per heavy atom. The predicted octanol–water partition coefficient (Wildman–Crippen LogP) is 2.92. The van der Waals surface area contributed by atoms with E-state index in [1.807, 2.05) is 6.92 Å². The third-order valence-electron chi connectivity index (χ3n) is 4.82. The molecular formula is C14H24O3. The SMILES string of the molecule is COC(=O)C1(C)OC12CCCC(C(C)C)CC2. The number of carbonyl (C=O) groups is 1. The molecule has 0 bridgehead atoms. The van der Waals surface area contributed by atoms with Gasteiger partial charge >= 0.3 is 5.97 Å². The van der Waals surface area contributed by atoms with Gasteiger partial charge in [0.15, 0.2) is 5.60 Å². The summed E-state index contributed by atoms with van der Waals surface area (Å²) < 4.78 is 10.7. The number of hydrogen-bond donors (Lipinski definition) is 0. The first kappa shape index (κ1) is 12.9. The number of carbonyl (C=O) groups excluding carboxylic acids is 1. The van der Waals surface area contributed by atoms with Crippen molar-refractivity contribution in [3.05, 3.63) is 0 Å². The number of esters is 1. The van der Waals surface area contributed by atoms with E-state index in [0.29, 0.717) is 0 Å². The minimum atomic E-state index is -0.673. The maximum Gasteiger partial charge on any atom is 0.340 e. The fraction of sp³-hybridized carbons (Fsp3) is 0.929. The summed E-state index contributed by atoms with van der Waals surface area (Å²) in [6.45, 7) is 6.46. The first-order valence-corrected chi connectivity index (χ1v) is 6.74. The third kappa shape index (κ3) is 1.99. The molecule has 2 fully saturated rings. The molecule has 1 saturated carbocycles. The summed E-state index contributed by atoms with van der Waals surface area (Å²) in [4.78, 5) is 11.7. The third-order valence-corrected chi connectivity index (χ3v) is 4.82. The second-order valence-corrected chi connectivity index (χ2v) is 6.06. The van der Waals surface area contributed by atoms with Crippen molar-refractivity contribution in [2.75, 3.05) is 7.11 Å². The van der Waals surface area contributed by atoms with Gasteiger partial charge in [-0.25, -0.2) is 4.79 Å². The van der Waals surface area contributed by atoms with Crippen LogP contribution in [0.15, 0.2) is 0 Å². The molecule has 17 heavy (non-hydrogen) atoms. The van der Waals surface area contributed by atoms with Crippen molar-refractivity contribution >= 4 is 5.97 Å². The van der Waals surface area contributed by atoms with E-state index in [1.54, 1.807) is 0 Å². The predicted molar refractivity (Wildman–Crippen MR) is 65.7 cm³/mol. The van der Waals surface area contributed by atoms with Crippen molar-refractivity contribution < 1.29 is 14.3 Å². The van der Waals surface area contributed by atoms with Gasteiger partial charge < -0.3 is 9.47 Å². The van der Waals surface area contributed by atoms with Crippen molar-refractivity contribution in [2.45, 2.75) is 64.1 Å². The van der Waals surface area contributed by atoms with Crippen LogP contribution < -0.4 is 0 Å². The van der Waals surface area contributed by atoms with Gasteiger partial charge in [0.2, 0.25) is 0 Å². The van der Waals surface area contributed by atoms with Gasteiger partial charge in [0, 0.05) is 0 Å². The molecule has 2 rings (SSSR count). The molecule has 0 amide bonds. The molecule has 0 radical (unpaired) electrons. The number of epoxide rings is 1. The Hall–Kier alpha value is -0.570. The summed E-state index contributed by atoms with van der Waals surface area (Å²) in [5.41, 5.74) is -0.892. The minimum Gasteiger partial charge on any atom is -0.467 e. The number of hydrogen-bond acceptors (Lipinski definition) is 3. The summed E-state index contributed by atoms with van der Waals surface area (Å²) >= 11 is 0. The van der Waals surface area contributed by atoms with Crippen molar-refractivity contribution in [1.82, 2.24) is 0 Å². The zero-order valence-electron chi connectivity index (χ0n) is 11.4. The smallest absolute Gasteiger partial charge is 0.340 e. The molecule has 0 aromatic rings. The van der Waals surface area contributed by atoms with Crippen LogP contribution in [0.3, 0.4) is 0 Å². The monoisotopic (exact) mass is 240 g/mol. The van der Waals surface area contributed by atoms with Crippen molar-refractivity contribution in [1.29, 1.82) is 0 Å². The number of rotatable bonds is 2. The largest absolute Gasteiger partial charge is 0.467 e. The number of methoxy groups -OCH3 is 1. The number of ether oxygens (including phenoxy) is 2. The van der Waals surface area contributed by atoms with E-state index in [-0.39, 0.29) is 11.6 Å². The maximum atomic E-state index is 11.7. The average molecular weight is 240 g/mol. The second-order valence-electron chi connectivity index (χ2n) is 6.06. The lowest BCUT2D eigenvalue weighted by atomic mass is 9.85. The first-order valence-electron chi connectivity index (χ1n) is 6.74. The van der Waals surface area contributed by atoms with Crippen LogP contribution in [0.2, 0.25) is 0 Å². The van der Waals surface area contributed by atoms with Crippen LogP contribution >= 0.6 is 0 Å². The average Bonchev–Trinajstić information content (AvgIpc) is 2.95. The minimum absolute atomic E-state index is 0.208. The Labute approximate surface area is 104 Å². The van der Waals surface area contributed by atoms with E-state index in [4.69, 9.17) is 9.47 Å². The Balaban J connectivity index is 2.03. The van der Waals surface area contributed by atoms with Gasteiger partial charge in [-0.1, -0.05) is 26.7 Å². The molecule has 0 N–H and O–H groups in total. The molecule has 0 aromatic heterocycles. The van der Waals surface area contributed by atoms with Gasteiger partial charge in [0.25, 0.3) is 0 Å². The van der Waals surface area contributed by atoms with Crippen LogP contribution in [0.5, 0.6) is 0 Å². The van der Waals surface area contributed by atoms with Crippen molar-refractivity contribution in [3.8, 4) is 0 Å². The Bertz CT molecular complexity index is 313. The highest BCUT2D eigenvalue weighted by Crippen LogP contribution is 2.57. The quantitative estimate of drug-likeness (QED) is 0.550. The van der Waals surface area contributed by atoms with E-state index in [0.717, 1.165) is 31.1 Å². The van der Waals surface area contributed by atoms with Gasteiger partial charge in [-0.3, -0.25) is 0 Å². The highest BCUT2D eigenvalue weighted by molar-refractivity contribution is 5.84. The molecule has 3 heteroatoms. The molecule has 3 unspecified atom stereocenters. The summed E-state index contributed by atoms with van der Waals surface area (Å²) in [5.74, 6) is 1.30. The molecule has 1 saturated heterocycles. The summed E-state index contributed by atoms with van der Waals surface area (Å²) in [6, 6.07) is 0. The van der Waals surface area contributed by atoms with Crippen LogP contribution in [0.25, 0.3) is 0 Å². The Morgan fingerprint density at radius 3 is 2.65 bits per heavy atom. The molecule has 1 heterocycles. The molecule has 1 aliphatic carbocycles. The van der Waals surface area contributed by atoms with Gasteiger partial charge in [-0.05, 0) is 38.0 Å². The lowest BCUT2D eigenvalue weighted by Crippen LogP contribution is -2.32. The van der Waals surface area contributed by atoms with Crippen LogP contribution in [-0.4, -0.2) is 24.3 Å². The summed E-state index contributed by atoms with van der Waals surface area (Å²) in [7, 11) is 1.44. The van der Waals surface area contributed by atoms with E-state index in [2.05, 4.69) is 13.8 Å². The topological polar surface area (TPSA) is 38.8 Å². The lowest BCUT2D eigenvalue weighted by molar-refractivity contribution is -0.146. The first-order chi connectivity index (χ1) is 7.95. The summed E-state index contributed by atoms with van der Waals surface area (Å²) in [5, 5.41) is 0. The normalized spacial score (nSPS) is 41.4. The zero-order chi connectivity index (χ0) is 12.7. The summed E-state index contributed by atoms with van der Waals surface area (Å²) in [6.07, 6.45) is 5.60. The van der Waals surface area contributed by atoms with Crippen molar-refractivity contribution in [3.63, 3.8) is 0 Å². The van der Waals surface area contributed by atoms with Gasteiger partial charge in [-0.2, -0.15) is 0 Å². The molecule has 0 aromatic carbocycles. The highest BCUT2D eigenvalue weighted by atomic mass is 16.7. The Morgan fingerprint density at radius 2 is 2.06 bits per heavy atom. The lowest BCUT2D eigenvalue weighted by Gasteiger charge is -2.18. The van der Waals surface area contributed by atoms with E-state index < -0.39 is 5.60 Å². The van der Waals surface area contributed by atoms with E-state index in [9.17, 15) is 4.79 Å². The van der Waals surface area contributed by atoms with Gasteiger partial charge in [0.05, 0.1) is 7.11 Å². The van der Waals surface area contributed by atoms with E-state index in [1.165, 1.54) is 20.0 Å². The standard InChI is InChI=1S/C14H24O3/c1-10(2)11-6-5-8-14(9-7-11)13(3,17-14)12(15)16-4/h10-11H,5-9H2,1-4H3. The molecule has 3 atom stereocenters. The maximum absolute atomic E-state index is 11.7.